The van der Waals surface area contributed by atoms with Gasteiger partial charge in [0.05, 0.1) is 28.4 Å². The number of nitrogens with two attached hydrogens (primary N) is 1. The van der Waals surface area contributed by atoms with E-state index in [2.05, 4.69) is 17.3 Å². The molecule has 150 valence electrons. The summed E-state index contributed by atoms with van der Waals surface area (Å²) in [5, 5.41) is 4.06. The zero-order valence-electron chi connectivity index (χ0n) is 16.1. The van der Waals surface area contributed by atoms with E-state index < -0.39 is 10.9 Å². The van der Waals surface area contributed by atoms with E-state index in [9.17, 15) is 0 Å². The van der Waals surface area contributed by atoms with E-state index >= 15 is 0 Å². The summed E-state index contributed by atoms with van der Waals surface area (Å²) in [7, 11) is 4.06. The highest BCUT2D eigenvalue weighted by Gasteiger charge is 2.08. The molecule has 0 saturated heterocycles. The van der Waals surface area contributed by atoms with Crippen LogP contribution in [0.15, 0.2) is 36.4 Å². The van der Waals surface area contributed by atoms with Crippen molar-refractivity contribution in [3.05, 3.63) is 47.5 Å². The summed E-state index contributed by atoms with van der Waals surface area (Å²) >= 11 is 0. The number of hydrogen-bond acceptors (Lipinski definition) is 6. The van der Waals surface area contributed by atoms with Gasteiger partial charge >= 0.3 is 0 Å². The monoisotopic (exact) mass is 397 g/mol. The number of thiol groups is 1. The average Bonchev–Trinajstić information content (AvgIpc) is 2.67. The Labute approximate surface area is 162 Å². The van der Waals surface area contributed by atoms with Gasteiger partial charge in [-0.2, -0.15) is 0 Å². The van der Waals surface area contributed by atoms with Crippen molar-refractivity contribution >= 4 is 10.9 Å². The second-order valence-electron chi connectivity index (χ2n) is 5.49. The quantitative estimate of drug-likeness (QED) is 0.664. The first-order valence-electron chi connectivity index (χ1n) is 8.26. The first-order valence-corrected chi connectivity index (χ1v) is 9.50. The van der Waals surface area contributed by atoms with Crippen LogP contribution in [0, 0.1) is 0 Å². The predicted molar refractivity (Wildman–Crippen MR) is 106 cm³/mol. The Bertz CT molecular complexity index is 728. The van der Waals surface area contributed by atoms with Crippen molar-refractivity contribution in [2.75, 3.05) is 28.4 Å². The molecule has 0 bridgehead atoms. The van der Waals surface area contributed by atoms with Crippen LogP contribution in [0.25, 0.3) is 0 Å². The molecule has 27 heavy (non-hydrogen) atoms. The largest absolute Gasteiger partial charge is 0.497 e. The van der Waals surface area contributed by atoms with Crippen LogP contribution in [0.3, 0.4) is 0 Å². The zero-order valence-corrected chi connectivity index (χ0v) is 17.0. The molecule has 2 aromatic rings. The van der Waals surface area contributed by atoms with Gasteiger partial charge in [0.2, 0.25) is 0 Å². The lowest BCUT2D eigenvalue weighted by molar-refractivity contribution is 0.389. The summed E-state index contributed by atoms with van der Waals surface area (Å²) in [6, 6.07) is 11.9. The summed E-state index contributed by atoms with van der Waals surface area (Å²) in [5.41, 5.74) is 2.36. The van der Waals surface area contributed by atoms with E-state index in [0.29, 0.717) is 0 Å². The first-order chi connectivity index (χ1) is 12.9. The Hall–Kier alpha value is -2.45. The third-order valence-corrected chi connectivity index (χ3v) is 3.88. The van der Waals surface area contributed by atoms with Gasteiger partial charge < -0.3 is 18.9 Å². The van der Waals surface area contributed by atoms with E-state index in [1.54, 1.807) is 28.4 Å². The number of aryl methyl sites for hydroxylation is 2. The molecule has 7 nitrogen and oxygen atoms in total. The smallest absolute Gasteiger partial charge is 0.198 e. The number of methoxy groups -OCH3 is 4. The molecule has 0 fully saturated rings. The Kier molecular flexibility index (Phi) is 10.1. The highest BCUT2D eigenvalue weighted by Crippen LogP contribution is 2.28. The molecular weight excluding hydrogens is 370 g/mol. The van der Waals surface area contributed by atoms with E-state index in [4.69, 9.17) is 27.4 Å². The average molecular weight is 397 g/mol. The molecular formula is C19H27NO6S. The molecule has 2 N–H and O–H groups in total. The first kappa shape index (κ1) is 22.6. The minimum Gasteiger partial charge on any atom is -0.497 e. The third-order valence-electron chi connectivity index (χ3n) is 3.88. The fraction of sp³-hybridized carbons (Fsp3) is 0.368. The molecule has 2 rings (SSSR count). The van der Waals surface area contributed by atoms with Gasteiger partial charge in [-0.15, -0.1) is 0 Å². The van der Waals surface area contributed by atoms with Gasteiger partial charge in [0.1, 0.15) is 23.0 Å². The number of ether oxygens (including phenoxy) is 4. The standard InChI is InChI=1S/C19H24O4.H3NO2S/c1-20-16-10-8-14(18(12-16)22-3)6-5-7-15-9-11-17(21-2)13-19(15)23-4;1-4(2)3/h8-13H,5-7H2,1-4H3;4H,(H2,1,2,3). The van der Waals surface area contributed by atoms with Gasteiger partial charge in [-0.25, -0.2) is 13.6 Å². The van der Waals surface area contributed by atoms with E-state index in [-0.39, 0.29) is 0 Å². The molecule has 0 heterocycles. The SMILES string of the molecule is COc1ccc(CCCc2ccc(OC)cc2OC)c(OC)c1.N[SH](=O)=O. The lowest BCUT2D eigenvalue weighted by Gasteiger charge is -2.12. The number of hydrogen-bond donors (Lipinski definition) is 2. The highest BCUT2D eigenvalue weighted by molar-refractivity contribution is 7.69. The molecule has 0 saturated carbocycles. The van der Waals surface area contributed by atoms with Crippen LogP contribution in [0.1, 0.15) is 17.5 Å². The Balaban J connectivity index is 0.000000828. The van der Waals surface area contributed by atoms with Crippen LogP contribution in [-0.2, 0) is 23.7 Å². The Morgan fingerprint density at radius 3 is 1.41 bits per heavy atom. The minimum absolute atomic E-state index is 0.808. The van der Waals surface area contributed by atoms with Gasteiger partial charge in [0.15, 0.2) is 10.9 Å². The van der Waals surface area contributed by atoms with Crippen LogP contribution in [0.2, 0.25) is 0 Å². The van der Waals surface area contributed by atoms with Crippen LogP contribution in [0.4, 0.5) is 0 Å². The molecule has 0 aromatic heterocycles. The maximum Gasteiger partial charge on any atom is 0.198 e. The number of rotatable bonds is 8. The maximum absolute atomic E-state index is 8.81. The molecule has 2 aromatic carbocycles. The van der Waals surface area contributed by atoms with Crippen molar-refractivity contribution in [3.63, 3.8) is 0 Å². The minimum atomic E-state index is -2.62. The lowest BCUT2D eigenvalue weighted by atomic mass is 10.0. The molecule has 8 heteroatoms. The van der Waals surface area contributed by atoms with Gasteiger partial charge in [0.25, 0.3) is 0 Å². The highest BCUT2D eigenvalue weighted by atomic mass is 32.2. The molecule has 0 aliphatic heterocycles. The number of benzene rings is 2. The van der Waals surface area contributed by atoms with Crippen molar-refractivity contribution in [2.45, 2.75) is 19.3 Å². The summed E-state index contributed by atoms with van der Waals surface area (Å²) < 4.78 is 39.0. The van der Waals surface area contributed by atoms with Crippen LogP contribution >= 0.6 is 0 Å². The Morgan fingerprint density at radius 1 is 0.741 bits per heavy atom. The summed E-state index contributed by atoms with van der Waals surface area (Å²) in [6.07, 6.45) is 2.87. The van der Waals surface area contributed by atoms with Crippen LogP contribution < -0.4 is 24.1 Å². The molecule has 0 aliphatic carbocycles. The predicted octanol–water partition coefficient (Wildman–Crippen LogP) is 2.37. The van der Waals surface area contributed by atoms with Crippen LogP contribution in [-0.4, -0.2) is 36.9 Å². The van der Waals surface area contributed by atoms with Gasteiger partial charge in [-0.3, -0.25) is 0 Å². The van der Waals surface area contributed by atoms with Gasteiger partial charge in [-0.1, -0.05) is 12.1 Å². The zero-order chi connectivity index (χ0) is 20.2. The van der Waals surface area contributed by atoms with Crippen molar-refractivity contribution in [1.29, 1.82) is 0 Å². The van der Waals surface area contributed by atoms with E-state index in [0.717, 1.165) is 42.3 Å². The van der Waals surface area contributed by atoms with Crippen molar-refractivity contribution in [2.24, 2.45) is 5.14 Å². The second kappa shape index (κ2) is 12.0. The molecule has 0 atom stereocenters. The molecule has 0 aliphatic rings. The normalized spacial score (nSPS) is 10.0. The fourth-order valence-electron chi connectivity index (χ4n) is 2.59. The summed E-state index contributed by atoms with van der Waals surface area (Å²) in [4.78, 5) is 0. The fourth-order valence-corrected chi connectivity index (χ4v) is 2.59. The molecule has 0 spiro atoms. The van der Waals surface area contributed by atoms with Crippen molar-refractivity contribution in [1.82, 2.24) is 0 Å². The molecule has 0 amide bonds. The summed E-state index contributed by atoms with van der Waals surface area (Å²) in [6.45, 7) is 0. The summed E-state index contributed by atoms with van der Waals surface area (Å²) in [5.74, 6) is 3.35. The van der Waals surface area contributed by atoms with Gasteiger partial charge in [-0.05, 0) is 42.5 Å². The maximum atomic E-state index is 8.81. The lowest BCUT2D eigenvalue weighted by Crippen LogP contribution is -1.97. The second-order valence-corrected chi connectivity index (χ2v) is 6.07. The van der Waals surface area contributed by atoms with Gasteiger partial charge in [0, 0.05) is 12.1 Å². The third kappa shape index (κ3) is 7.76. The molecule has 0 unspecified atom stereocenters. The van der Waals surface area contributed by atoms with Crippen molar-refractivity contribution < 1.29 is 27.4 Å². The van der Waals surface area contributed by atoms with E-state index in [1.165, 1.54) is 11.1 Å². The van der Waals surface area contributed by atoms with Crippen LogP contribution in [0.5, 0.6) is 23.0 Å². The Morgan fingerprint density at radius 2 is 1.11 bits per heavy atom. The van der Waals surface area contributed by atoms with E-state index in [1.807, 2.05) is 24.3 Å². The topological polar surface area (TPSA) is 97.1 Å². The van der Waals surface area contributed by atoms with Crippen molar-refractivity contribution in [3.8, 4) is 23.0 Å². The molecule has 0 radical (unpaired) electrons.